The molecule has 0 aliphatic carbocycles. The van der Waals surface area contributed by atoms with Gasteiger partial charge in [0.15, 0.2) is 0 Å². The largest absolute Gasteiger partial charge is 0.326 e. The summed E-state index contributed by atoms with van der Waals surface area (Å²) in [5, 5.41) is 0. The van der Waals surface area contributed by atoms with Gasteiger partial charge < -0.3 is 4.57 Å². The highest BCUT2D eigenvalue weighted by atomic mass is 28.3. The van der Waals surface area contributed by atoms with Gasteiger partial charge in [0.2, 0.25) is 0 Å². The van der Waals surface area contributed by atoms with E-state index in [-0.39, 0.29) is 0 Å². The zero-order chi connectivity index (χ0) is 8.91. The topological polar surface area (TPSA) is 3.24 Å². The molecule has 0 amide bonds. The first-order chi connectivity index (χ1) is 5.16. The smallest absolute Gasteiger partial charge is 0.127 e. The lowest BCUT2D eigenvalue weighted by Crippen LogP contribution is -2.49. The Bertz CT molecular complexity index is 91.5. The van der Waals surface area contributed by atoms with Crippen LogP contribution in [0, 0.1) is 0 Å². The summed E-state index contributed by atoms with van der Waals surface area (Å²) in [4.78, 5) is 0. The molecular weight excluding hydrogens is 150 g/mol. The van der Waals surface area contributed by atoms with Crippen LogP contribution in [-0.2, 0) is 0 Å². The van der Waals surface area contributed by atoms with Crippen molar-refractivity contribution in [1.82, 2.24) is 4.57 Å². The summed E-state index contributed by atoms with van der Waals surface area (Å²) in [5.41, 5.74) is 0. The van der Waals surface area contributed by atoms with E-state index in [9.17, 15) is 0 Å². The van der Waals surface area contributed by atoms with E-state index in [4.69, 9.17) is 0 Å². The minimum atomic E-state index is -0.987. The molecule has 0 aromatic carbocycles. The number of hydrogen-bond donors (Lipinski definition) is 0. The fourth-order valence-electron chi connectivity index (χ4n) is 1.90. The molecule has 0 fully saturated rings. The van der Waals surface area contributed by atoms with Crippen molar-refractivity contribution in [2.45, 2.75) is 45.8 Å². The lowest BCUT2D eigenvalue weighted by atomic mass is 10.8. The molecule has 0 rings (SSSR count). The van der Waals surface area contributed by atoms with Crippen LogP contribution in [0.3, 0.4) is 0 Å². The van der Waals surface area contributed by atoms with Crippen LogP contribution in [0.1, 0.15) is 27.7 Å². The molecule has 11 heavy (non-hydrogen) atoms. The van der Waals surface area contributed by atoms with Crippen molar-refractivity contribution < 1.29 is 0 Å². The average Bonchev–Trinajstić information content (AvgIpc) is 2.08. The summed E-state index contributed by atoms with van der Waals surface area (Å²) in [7, 11) is 1.31. The molecule has 0 atom stereocenters. The third-order valence-electron chi connectivity index (χ3n) is 3.26. The van der Waals surface area contributed by atoms with E-state index in [2.05, 4.69) is 39.3 Å². The Balaban J connectivity index is 4.26. The van der Waals surface area contributed by atoms with Crippen LogP contribution >= 0.6 is 0 Å². The minimum absolute atomic E-state index is 0.987. The molecule has 68 valence electrons. The van der Waals surface area contributed by atoms with Crippen molar-refractivity contribution in [3.8, 4) is 0 Å². The van der Waals surface area contributed by atoms with Crippen LogP contribution < -0.4 is 0 Å². The van der Waals surface area contributed by atoms with Gasteiger partial charge in [-0.1, -0.05) is 27.7 Å². The van der Waals surface area contributed by atoms with Crippen molar-refractivity contribution in [2.24, 2.45) is 0 Å². The van der Waals surface area contributed by atoms with Crippen LogP contribution in [0.4, 0.5) is 0 Å². The third kappa shape index (κ3) is 2.31. The lowest BCUT2D eigenvalue weighted by molar-refractivity contribution is 0.522. The summed E-state index contributed by atoms with van der Waals surface area (Å²) < 4.78 is 2.62. The van der Waals surface area contributed by atoms with E-state index in [0.717, 1.165) is 0 Å². The lowest BCUT2D eigenvalue weighted by Gasteiger charge is -2.37. The predicted octanol–water partition coefficient (Wildman–Crippen LogP) is 2.94. The van der Waals surface area contributed by atoms with E-state index < -0.39 is 8.24 Å². The Kier molecular flexibility index (Phi) is 5.02. The average molecular weight is 173 g/mol. The van der Waals surface area contributed by atoms with E-state index in [1.807, 2.05) is 0 Å². The van der Waals surface area contributed by atoms with Crippen molar-refractivity contribution in [2.75, 3.05) is 13.6 Å². The molecule has 1 nitrogen and oxygen atoms in total. The second kappa shape index (κ2) is 4.94. The summed E-state index contributed by atoms with van der Waals surface area (Å²) >= 11 is 0. The zero-order valence-electron chi connectivity index (χ0n) is 8.78. The minimum Gasteiger partial charge on any atom is -0.326 e. The van der Waals surface area contributed by atoms with Crippen molar-refractivity contribution in [3.63, 3.8) is 0 Å². The summed E-state index contributed by atoms with van der Waals surface area (Å²) in [5.74, 6) is 0. The molecular formula is C9H23NSi. The highest BCUT2D eigenvalue weighted by Crippen LogP contribution is 2.22. The normalized spacial score (nSPS) is 12.5. The fourth-order valence-corrected chi connectivity index (χ4v) is 5.69. The maximum absolute atomic E-state index is 2.62. The van der Waals surface area contributed by atoms with Crippen LogP contribution in [-0.4, -0.2) is 26.4 Å². The Morgan fingerprint density at radius 1 is 0.909 bits per heavy atom. The molecule has 0 saturated heterocycles. The standard InChI is InChI=1S/C9H23NSi/c1-6-10(5)11(7-2,8-3)9-4/h6-9H2,1-5H3. The van der Waals surface area contributed by atoms with Gasteiger partial charge in [0.05, 0.1) is 0 Å². The molecule has 0 saturated carbocycles. The molecule has 0 spiro atoms. The third-order valence-corrected chi connectivity index (χ3v) is 9.14. The highest BCUT2D eigenvalue weighted by molar-refractivity contribution is 6.76. The molecule has 2 heteroatoms. The molecule has 0 aliphatic rings. The van der Waals surface area contributed by atoms with E-state index >= 15 is 0 Å². The maximum Gasteiger partial charge on any atom is 0.127 e. The second-order valence-electron chi connectivity index (χ2n) is 3.30. The van der Waals surface area contributed by atoms with Crippen molar-refractivity contribution >= 4 is 8.24 Å². The Labute approximate surface area is 72.9 Å². The second-order valence-corrected chi connectivity index (χ2v) is 8.63. The Morgan fingerprint density at radius 2 is 1.27 bits per heavy atom. The highest BCUT2D eigenvalue weighted by Gasteiger charge is 2.30. The van der Waals surface area contributed by atoms with Gasteiger partial charge in [0.25, 0.3) is 0 Å². The predicted molar refractivity (Wildman–Crippen MR) is 55.5 cm³/mol. The SMILES string of the molecule is CCN(C)[Si](CC)(CC)CC. The van der Waals surface area contributed by atoms with Gasteiger partial charge in [-0.2, -0.15) is 0 Å². The van der Waals surface area contributed by atoms with Crippen molar-refractivity contribution in [1.29, 1.82) is 0 Å². The van der Waals surface area contributed by atoms with Gasteiger partial charge >= 0.3 is 0 Å². The molecule has 0 heterocycles. The first kappa shape index (κ1) is 11.2. The van der Waals surface area contributed by atoms with Gasteiger partial charge in [-0.05, 0) is 31.7 Å². The summed E-state index contributed by atoms with van der Waals surface area (Å²) in [6.07, 6.45) is 0. The van der Waals surface area contributed by atoms with Crippen LogP contribution in [0.5, 0.6) is 0 Å². The first-order valence-electron chi connectivity index (χ1n) is 4.88. The van der Waals surface area contributed by atoms with E-state index in [1.54, 1.807) is 0 Å². The van der Waals surface area contributed by atoms with Crippen LogP contribution in [0.2, 0.25) is 18.1 Å². The molecule has 0 N–H and O–H groups in total. The fraction of sp³-hybridized carbons (Fsp3) is 1.00. The van der Waals surface area contributed by atoms with Gasteiger partial charge in [-0.15, -0.1) is 0 Å². The van der Waals surface area contributed by atoms with Crippen LogP contribution in [0.25, 0.3) is 0 Å². The quantitative estimate of drug-likeness (QED) is 0.578. The Hall–Kier alpha value is 0.177. The number of nitrogens with zero attached hydrogens (tertiary/aromatic N) is 1. The first-order valence-corrected chi connectivity index (χ1v) is 7.44. The molecule has 0 bridgehead atoms. The zero-order valence-corrected chi connectivity index (χ0v) is 9.78. The van der Waals surface area contributed by atoms with Crippen LogP contribution in [0.15, 0.2) is 0 Å². The number of rotatable bonds is 5. The number of hydrogen-bond acceptors (Lipinski definition) is 1. The molecule has 0 aliphatic heterocycles. The summed E-state index contributed by atoms with van der Waals surface area (Å²) in [6, 6.07) is 4.22. The maximum atomic E-state index is 2.62. The van der Waals surface area contributed by atoms with E-state index in [1.165, 1.54) is 24.7 Å². The van der Waals surface area contributed by atoms with E-state index in [0.29, 0.717) is 0 Å². The van der Waals surface area contributed by atoms with Gasteiger partial charge in [0.1, 0.15) is 8.24 Å². The monoisotopic (exact) mass is 173 g/mol. The molecule has 0 unspecified atom stereocenters. The van der Waals surface area contributed by atoms with Gasteiger partial charge in [-0.25, -0.2) is 0 Å². The molecule has 0 aromatic rings. The van der Waals surface area contributed by atoms with Gasteiger partial charge in [0, 0.05) is 0 Å². The summed E-state index contributed by atoms with van der Waals surface area (Å²) in [6.45, 7) is 10.5. The Morgan fingerprint density at radius 3 is 1.36 bits per heavy atom. The van der Waals surface area contributed by atoms with Crippen molar-refractivity contribution in [3.05, 3.63) is 0 Å². The molecule has 0 radical (unpaired) electrons. The molecule has 0 aromatic heterocycles. The van der Waals surface area contributed by atoms with Gasteiger partial charge in [-0.3, -0.25) is 0 Å².